The first kappa shape index (κ1) is 13.1. The molecule has 1 aromatic rings. The van der Waals surface area contributed by atoms with E-state index >= 15 is 0 Å². The molecule has 0 spiro atoms. The van der Waals surface area contributed by atoms with Gasteiger partial charge in [-0.15, -0.1) is 0 Å². The molecule has 0 fully saturated rings. The lowest BCUT2D eigenvalue weighted by atomic mass is 10.2. The number of ether oxygens (including phenoxy) is 3. The Kier molecular flexibility index (Phi) is 3.79. The lowest BCUT2D eigenvalue weighted by molar-refractivity contribution is -0.156. The molecule has 100 valence electrons. The minimum absolute atomic E-state index is 0.228. The average Bonchev–Trinajstić information content (AvgIpc) is 2.91. The second kappa shape index (κ2) is 5.51. The summed E-state index contributed by atoms with van der Waals surface area (Å²) in [4.78, 5) is 27.3. The van der Waals surface area contributed by atoms with Crippen molar-refractivity contribution in [2.75, 3.05) is 14.2 Å². The fourth-order valence-corrected chi connectivity index (χ4v) is 1.72. The van der Waals surface area contributed by atoms with Crippen molar-refractivity contribution in [2.24, 2.45) is 4.99 Å². The molecule has 6 heteroatoms. The van der Waals surface area contributed by atoms with Crippen molar-refractivity contribution in [2.45, 2.75) is 12.1 Å². The van der Waals surface area contributed by atoms with Gasteiger partial charge in [0.1, 0.15) is 0 Å². The summed E-state index contributed by atoms with van der Waals surface area (Å²) in [6, 6.07) is 7.96. The van der Waals surface area contributed by atoms with Crippen molar-refractivity contribution in [3.63, 3.8) is 0 Å². The molecule has 0 amide bonds. The average molecular weight is 263 g/mol. The summed E-state index contributed by atoms with van der Waals surface area (Å²) in [6.45, 7) is 0. The standard InChI is InChI=1S/C13H13NO5/c1-17-12(15)9-10(13(16)18-2)19-11(14-9)8-6-4-3-5-7-8/h3-7,9-10H,1-2H3/t9-,10?/m0/s1. The topological polar surface area (TPSA) is 74.2 Å². The molecule has 1 heterocycles. The maximum atomic E-state index is 11.6. The number of nitrogens with zero attached hydrogens (tertiary/aromatic N) is 1. The Morgan fingerprint density at radius 3 is 2.32 bits per heavy atom. The quantitative estimate of drug-likeness (QED) is 0.744. The zero-order valence-electron chi connectivity index (χ0n) is 10.5. The van der Waals surface area contributed by atoms with E-state index in [9.17, 15) is 9.59 Å². The molecule has 0 N–H and O–H groups in total. The number of hydrogen-bond acceptors (Lipinski definition) is 6. The first-order chi connectivity index (χ1) is 9.17. The molecule has 0 aliphatic carbocycles. The Labute approximate surface area is 110 Å². The zero-order valence-corrected chi connectivity index (χ0v) is 10.5. The minimum atomic E-state index is -1.10. The summed E-state index contributed by atoms with van der Waals surface area (Å²) in [5.41, 5.74) is 0.683. The van der Waals surface area contributed by atoms with E-state index in [4.69, 9.17) is 4.74 Å². The predicted octanol–water partition coefficient (Wildman–Crippen LogP) is 0.547. The van der Waals surface area contributed by atoms with Crippen LogP contribution in [-0.2, 0) is 23.8 Å². The summed E-state index contributed by atoms with van der Waals surface area (Å²) in [5.74, 6) is -1.07. The molecule has 1 aliphatic heterocycles. The van der Waals surface area contributed by atoms with Gasteiger partial charge in [0.05, 0.1) is 14.2 Å². The van der Waals surface area contributed by atoms with Crippen LogP contribution in [0.2, 0.25) is 0 Å². The van der Waals surface area contributed by atoms with Gasteiger partial charge in [-0.3, -0.25) is 0 Å². The third-order valence-electron chi connectivity index (χ3n) is 2.68. The van der Waals surface area contributed by atoms with Crippen molar-refractivity contribution in [1.29, 1.82) is 0 Å². The van der Waals surface area contributed by atoms with Crippen LogP contribution in [0.15, 0.2) is 35.3 Å². The largest absolute Gasteiger partial charge is 0.467 e. The molecule has 0 bridgehead atoms. The van der Waals surface area contributed by atoms with Gasteiger partial charge in [0, 0.05) is 5.56 Å². The van der Waals surface area contributed by atoms with Gasteiger partial charge < -0.3 is 14.2 Å². The number of carbonyl (C=O) groups is 2. The zero-order chi connectivity index (χ0) is 13.8. The van der Waals surface area contributed by atoms with E-state index in [1.807, 2.05) is 6.07 Å². The highest BCUT2D eigenvalue weighted by Gasteiger charge is 2.43. The fraction of sp³-hybridized carbons (Fsp3) is 0.308. The second-order valence-electron chi connectivity index (χ2n) is 3.83. The number of hydrogen-bond donors (Lipinski definition) is 0. The van der Waals surface area contributed by atoms with E-state index in [1.165, 1.54) is 14.2 Å². The van der Waals surface area contributed by atoms with E-state index in [0.717, 1.165) is 0 Å². The fourth-order valence-electron chi connectivity index (χ4n) is 1.72. The van der Waals surface area contributed by atoms with Crippen molar-refractivity contribution in [1.82, 2.24) is 0 Å². The van der Waals surface area contributed by atoms with Crippen molar-refractivity contribution in [3.8, 4) is 0 Å². The first-order valence-electron chi connectivity index (χ1n) is 5.63. The van der Waals surface area contributed by atoms with Gasteiger partial charge in [-0.05, 0) is 12.1 Å². The highest BCUT2D eigenvalue weighted by Crippen LogP contribution is 2.20. The Bertz CT molecular complexity index is 511. The van der Waals surface area contributed by atoms with Crippen LogP contribution in [0.4, 0.5) is 0 Å². The highest BCUT2D eigenvalue weighted by molar-refractivity contribution is 6.01. The molecule has 2 rings (SSSR count). The summed E-state index contributed by atoms with van der Waals surface area (Å²) >= 11 is 0. The summed E-state index contributed by atoms with van der Waals surface area (Å²) in [5, 5.41) is 0. The number of rotatable bonds is 3. The van der Waals surface area contributed by atoms with Crippen LogP contribution < -0.4 is 0 Å². The minimum Gasteiger partial charge on any atom is -0.467 e. The molecule has 1 unspecified atom stereocenters. The van der Waals surface area contributed by atoms with Crippen molar-refractivity contribution < 1.29 is 23.8 Å². The van der Waals surface area contributed by atoms with Crippen LogP contribution in [0.1, 0.15) is 5.56 Å². The molecule has 1 aliphatic rings. The first-order valence-corrected chi connectivity index (χ1v) is 5.63. The summed E-state index contributed by atoms with van der Waals surface area (Å²) in [7, 11) is 2.45. The summed E-state index contributed by atoms with van der Waals surface area (Å²) < 4.78 is 14.6. The molecular formula is C13H13NO5. The number of methoxy groups -OCH3 is 2. The SMILES string of the molecule is COC(=O)C1OC(c2ccccc2)=N[C@@H]1C(=O)OC. The van der Waals surface area contributed by atoms with Crippen molar-refractivity contribution >= 4 is 17.8 Å². The normalized spacial score (nSPS) is 21.3. The maximum Gasteiger partial charge on any atom is 0.350 e. The Morgan fingerprint density at radius 1 is 1.11 bits per heavy atom. The van der Waals surface area contributed by atoms with Gasteiger partial charge in [0.2, 0.25) is 12.0 Å². The third kappa shape index (κ3) is 2.57. The van der Waals surface area contributed by atoms with Crippen LogP contribution in [0.3, 0.4) is 0 Å². The number of benzene rings is 1. The number of carbonyl (C=O) groups excluding carboxylic acids is 2. The van der Waals surface area contributed by atoms with Crippen LogP contribution >= 0.6 is 0 Å². The molecule has 2 atom stereocenters. The van der Waals surface area contributed by atoms with E-state index in [2.05, 4.69) is 14.5 Å². The van der Waals surface area contributed by atoms with Gasteiger partial charge in [-0.2, -0.15) is 0 Å². The van der Waals surface area contributed by atoms with Crippen LogP contribution in [0.5, 0.6) is 0 Å². The van der Waals surface area contributed by atoms with E-state index in [1.54, 1.807) is 24.3 Å². The summed E-state index contributed by atoms with van der Waals surface area (Å²) in [6.07, 6.45) is -1.10. The van der Waals surface area contributed by atoms with Crippen LogP contribution in [0.25, 0.3) is 0 Å². The predicted molar refractivity (Wildman–Crippen MR) is 65.7 cm³/mol. The monoisotopic (exact) mass is 263 g/mol. The molecule has 1 aromatic carbocycles. The van der Waals surface area contributed by atoms with Gasteiger partial charge in [-0.1, -0.05) is 18.2 Å². The highest BCUT2D eigenvalue weighted by atomic mass is 16.6. The molecule has 6 nitrogen and oxygen atoms in total. The second-order valence-corrected chi connectivity index (χ2v) is 3.83. The molecule has 0 saturated heterocycles. The Balaban J connectivity index is 2.29. The van der Waals surface area contributed by atoms with E-state index < -0.39 is 24.1 Å². The number of esters is 2. The van der Waals surface area contributed by atoms with Gasteiger partial charge in [0.15, 0.2) is 6.04 Å². The maximum absolute atomic E-state index is 11.6. The lowest BCUT2D eigenvalue weighted by Crippen LogP contribution is -2.38. The molecule has 0 radical (unpaired) electrons. The van der Waals surface area contributed by atoms with Gasteiger partial charge >= 0.3 is 11.9 Å². The molecular weight excluding hydrogens is 250 g/mol. The van der Waals surface area contributed by atoms with E-state index in [-0.39, 0.29) is 5.90 Å². The number of aliphatic imine (C=N–C) groups is 1. The van der Waals surface area contributed by atoms with Crippen molar-refractivity contribution in [3.05, 3.63) is 35.9 Å². The molecule has 19 heavy (non-hydrogen) atoms. The lowest BCUT2D eigenvalue weighted by Gasteiger charge is -2.13. The Morgan fingerprint density at radius 2 is 1.74 bits per heavy atom. The molecule has 0 saturated carbocycles. The molecule has 0 aromatic heterocycles. The third-order valence-corrected chi connectivity index (χ3v) is 2.68. The van der Waals surface area contributed by atoms with Gasteiger partial charge in [0.25, 0.3) is 0 Å². The Hall–Kier alpha value is -2.37. The van der Waals surface area contributed by atoms with Gasteiger partial charge in [-0.25, -0.2) is 14.6 Å². The van der Waals surface area contributed by atoms with Crippen LogP contribution in [-0.4, -0.2) is 44.2 Å². The van der Waals surface area contributed by atoms with E-state index in [0.29, 0.717) is 5.56 Å². The smallest absolute Gasteiger partial charge is 0.350 e. The van der Waals surface area contributed by atoms with Crippen LogP contribution in [0, 0.1) is 0 Å².